The van der Waals surface area contributed by atoms with E-state index in [1.165, 1.54) is 6.07 Å². The van der Waals surface area contributed by atoms with E-state index >= 15 is 0 Å². The molecule has 4 atom stereocenters. The second kappa shape index (κ2) is 9.41. The highest BCUT2D eigenvalue weighted by Crippen LogP contribution is 2.43. The number of hydrogen-bond donors (Lipinski definition) is 2. The van der Waals surface area contributed by atoms with E-state index in [0.717, 1.165) is 57.6 Å². The molecule has 4 fully saturated rings. The standard InChI is InChI=1S/C23H30FN3O2.C2H4O2/c24-18-5-1-4-15(10-18)11-20-17-12-16(19-6-2-7-21(28)27(19)20)13-26(14-17)22(29)23(25)8-3-9-23;1-2(3)4/h1,4-5,10,16-17,19-20H,2-3,6-9,11-14,25H2;1H3,(H,3,4)/t16-,17+,19+,20+;/m1./s1. The summed E-state index contributed by atoms with van der Waals surface area (Å²) in [5.41, 5.74) is 6.60. The van der Waals surface area contributed by atoms with Gasteiger partial charge in [0, 0.05) is 38.5 Å². The number of aliphatic carboxylic acids is 1. The summed E-state index contributed by atoms with van der Waals surface area (Å²) in [5, 5.41) is 7.42. The zero-order valence-corrected chi connectivity index (χ0v) is 19.2. The minimum Gasteiger partial charge on any atom is -0.481 e. The Bertz CT molecular complexity index is 915. The number of piperidine rings is 3. The number of halogens is 1. The highest BCUT2D eigenvalue weighted by atomic mass is 19.1. The normalized spacial score (nSPS) is 29.8. The quantitative estimate of drug-likeness (QED) is 0.723. The van der Waals surface area contributed by atoms with E-state index < -0.39 is 11.5 Å². The number of hydrogen-bond acceptors (Lipinski definition) is 4. The number of fused-ring (bicyclic) bond motifs is 4. The van der Waals surface area contributed by atoms with Gasteiger partial charge in [0.1, 0.15) is 5.82 Å². The SMILES string of the molecule is CC(=O)O.NC1(C(=O)N2C[C@H]3C[C@@H](C2)[C@H](Cc2cccc(F)c2)N2C(=O)CCC[C@@H]32)CCC1. The summed E-state index contributed by atoms with van der Waals surface area (Å²) in [7, 11) is 0. The average molecular weight is 460 g/mol. The molecule has 2 amide bonds. The van der Waals surface area contributed by atoms with Crippen molar-refractivity contribution in [2.75, 3.05) is 13.1 Å². The summed E-state index contributed by atoms with van der Waals surface area (Å²) < 4.78 is 13.8. The number of nitrogens with two attached hydrogens (primary N) is 1. The minimum atomic E-state index is -0.833. The van der Waals surface area contributed by atoms with Crippen molar-refractivity contribution in [3.05, 3.63) is 35.6 Å². The fraction of sp³-hybridized carbons (Fsp3) is 0.640. The number of carbonyl (C=O) groups is 3. The van der Waals surface area contributed by atoms with E-state index in [-0.39, 0.29) is 35.6 Å². The number of nitrogens with zero attached hydrogens (tertiary/aromatic N) is 2. The Morgan fingerprint density at radius 3 is 2.55 bits per heavy atom. The lowest BCUT2D eigenvalue weighted by Gasteiger charge is -2.57. The van der Waals surface area contributed by atoms with Gasteiger partial charge < -0.3 is 20.6 Å². The van der Waals surface area contributed by atoms with E-state index in [1.54, 1.807) is 12.1 Å². The monoisotopic (exact) mass is 459 g/mol. The molecule has 1 aliphatic carbocycles. The molecule has 3 N–H and O–H groups in total. The zero-order chi connectivity index (χ0) is 23.8. The van der Waals surface area contributed by atoms with E-state index in [9.17, 15) is 14.0 Å². The maximum atomic E-state index is 13.8. The van der Waals surface area contributed by atoms with Gasteiger partial charge >= 0.3 is 0 Å². The number of carboxylic acid groups (broad SMARTS) is 1. The van der Waals surface area contributed by atoms with Gasteiger partial charge in [-0.3, -0.25) is 14.4 Å². The molecule has 3 saturated heterocycles. The Kier molecular flexibility index (Phi) is 6.75. The second-order valence-corrected chi connectivity index (χ2v) is 10.2. The number of benzene rings is 1. The molecule has 1 saturated carbocycles. The number of carbonyl (C=O) groups excluding carboxylic acids is 2. The molecular formula is C25H34FN3O4. The molecule has 1 aromatic carbocycles. The number of likely N-dealkylation sites (tertiary alicyclic amines) is 1. The summed E-state index contributed by atoms with van der Waals surface area (Å²) in [6.07, 6.45) is 6.78. The maximum absolute atomic E-state index is 13.8. The molecule has 0 radical (unpaired) electrons. The molecular weight excluding hydrogens is 425 g/mol. The zero-order valence-electron chi connectivity index (χ0n) is 19.2. The van der Waals surface area contributed by atoms with E-state index in [4.69, 9.17) is 15.6 Å². The van der Waals surface area contributed by atoms with Crippen LogP contribution in [0.5, 0.6) is 0 Å². The molecule has 0 aromatic heterocycles. The summed E-state index contributed by atoms with van der Waals surface area (Å²) >= 11 is 0. The number of carboxylic acids is 1. The molecule has 180 valence electrons. The molecule has 5 rings (SSSR count). The fourth-order valence-electron chi connectivity index (χ4n) is 6.20. The Labute approximate surface area is 194 Å². The lowest BCUT2D eigenvalue weighted by Crippen LogP contribution is -2.68. The van der Waals surface area contributed by atoms with Crippen molar-refractivity contribution in [1.29, 1.82) is 0 Å². The first-order valence-electron chi connectivity index (χ1n) is 12.0. The smallest absolute Gasteiger partial charge is 0.300 e. The van der Waals surface area contributed by atoms with Gasteiger partial charge in [-0.25, -0.2) is 4.39 Å². The number of amides is 2. The Balaban J connectivity index is 0.000000601. The lowest BCUT2D eigenvalue weighted by atomic mass is 9.69. The van der Waals surface area contributed by atoms with Gasteiger partial charge in [0.25, 0.3) is 5.97 Å². The average Bonchev–Trinajstić information content (AvgIpc) is 2.74. The van der Waals surface area contributed by atoms with Crippen LogP contribution in [0.15, 0.2) is 24.3 Å². The molecule has 3 aliphatic heterocycles. The van der Waals surface area contributed by atoms with Crippen LogP contribution in [0.3, 0.4) is 0 Å². The van der Waals surface area contributed by atoms with E-state index in [2.05, 4.69) is 4.90 Å². The van der Waals surface area contributed by atoms with Gasteiger partial charge in [0.2, 0.25) is 11.8 Å². The van der Waals surface area contributed by atoms with Gasteiger partial charge in [-0.1, -0.05) is 12.1 Å². The van der Waals surface area contributed by atoms with E-state index in [1.807, 2.05) is 11.0 Å². The van der Waals surface area contributed by atoms with Crippen LogP contribution < -0.4 is 5.73 Å². The second-order valence-electron chi connectivity index (χ2n) is 10.2. The predicted molar refractivity (Wildman–Crippen MR) is 121 cm³/mol. The Hall–Kier alpha value is -2.48. The van der Waals surface area contributed by atoms with Crippen molar-refractivity contribution in [3.63, 3.8) is 0 Å². The molecule has 2 bridgehead atoms. The largest absolute Gasteiger partial charge is 0.481 e. The third kappa shape index (κ3) is 4.90. The van der Waals surface area contributed by atoms with Crippen LogP contribution in [0.25, 0.3) is 0 Å². The topological polar surface area (TPSA) is 104 Å². The van der Waals surface area contributed by atoms with Crippen LogP contribution >= 0.6 is 0 Å². The molecule has 33 heavy (non-hydrogen) atoms. The first-order valence-corrected chi connectivity index (χ1v) is 12.0. The fourth-order valence-corrected chi connectivity index (χ4v) is 6.20. The molecule has 3 heterocycles. The predicted octanol–water partition coefficient (Wildman–Crippen LogP) is 2.57. The Morgan fingerprint density at radius 2 is 1.91 bits per heavy atom. The summed E-state index contributed by atoms with van der Waals surface area (Å²) in [6.45, 7) is 2.46. The summed E-state index contributed by atoms with van der Waals surface area (Å²) in [4.78, 5) is 39.2. The van der Waals surface area contributed by atoms with Gasteiger partial charge in [0.15, 0.2) is 0 Å². The van der Waals surface area contributed by atoms with Crippen molar-refractivity contribution in [3.8, 4) is 0 Å². The number of rotatable bonds is 3. The molecule has 7 nitrogen and oxygen atoms in total. The minimum absolute atomic E-state index is 0.0246. The molecule has 8 heteroatoms. The van der Waals surface area contributed by atoms with Crippen molar-refractivity contribution in [2.24, 2.45) is 17.6 Å². The van der Waals surface area contributed by atoms with Crippen LogP contribution in [0.1, 0.15) is 57.4 Å². The maximum Gasteiger partial charge on any atom is 0.300 e. The van der Waals surface area contributed by atoms with Crippen LogP contribution in [-0.4, -0.2) is 63.4 Å². The molecule has 4 aliphatic rings. The van der Waals surface area contributed by atoms with Crippen molar-refractivity contribution >= 4 is 17.8 Å². The molecule has 1 aromatic rings. The van der Waals surface area contributed by atoms with Gasteiger partial charge in [0.05, 0.1) is 5.54 Å². The molecule has 0 unspecified atom stereocenters. The first-order chi connectivity index (χ1) is 15.7. The van der Waals surface area contributed by atoms with Gasteiger partial charge in [-0.2, -0.15) is 0 Å². The van der Waals surface area contributed by atoms with Crippen molar-refractivity contribution in [2.45, 2.75) is 75.9 Å². The van der Waals surface area contributed by atoms with Crippen LogP contribution in [-0.2, 0) is 20.8 Å². The highest BCUT2D eigenvalue weighted by Gasteiger charge is 2.52. The summed E-state index contributed by atoms with van der Waals surface area (Å²) in [5.74, 6) is -0.199. The van der Waals surface area contributed by atoms with Gasteiger partial charge in [-0.15, -0.1) is 0 Å². The van der Waals surface area contributed by atoms with Crippen LogP contribution in [0.2, 0.25) is 0 Å². The van der Waals surface area contributed by atoms with Gasteiger partial charge in [-0.05, 0) is 74.5 Å². The van der Waals surface area contributed by atoms with Crippen LogP contribution in [0, 0.1) is 17.7 Å². The lowest BCUT2D eigenvalue weighted by molar-refractivity contribution is -0.159. The third-order valence-corrected chi connectivity index (χ3v) is 7.79. The third-order valence-electron chi connectivity index (χ3n) is 7.79. The van der Waals surface area contributed by atoms with Crippen molar-refractivity contribution in [1.82, 2.24) is 9.80 Å². The van der Waals surface area contributed by atoms with Crippen molar-refractivity contribution < 1.29 is 23.9 Å². The summed E-state index contributed by atoms with van der Waals surface area (Å²) in [6, 6.07) is 6.92. The van der Waals surface area contributed by atoms with E-state index in [0.29, 0.717) is 25.3 Å². The first kappa shape index (κ1) is 23.7. The highest BCUT2D eigenvalue weighted by molar-refractivity contribution is 5.87. The Morgan fingerprint density at radius 1 is 1.21 bits per heavy atom. The molecule has 0 spiro atoms. The van der Waals surface area contributed by atoms with Crippen LogP contribution in [0.4, 0.5) is 4.39 Å².